The first-order chi connectivity index (χ1) is 13.1. The standard InChI is InChI=1S/C20H22ClN3O3/c1-27-18(25)16-8-5-11-23(16)19(26)20(9-10-20)15-12-22-24(17(15)21)13-14-6-3-2-4-7-14/h2-4,6-7,12,16H,5,8-11,13H2,1H3/t16-/m0/s1. The van der Waals surface area contributed by atoms with Gasteiger partial charge in [-0.3, -0.25) is 4.79 Å². The molecule has 1 amide bonds. The number of hydrogen-bond acceptors (Lipinski definition) is 4. The molecule has 1 aliphatic carbocycles. The molecule has 0 spiro atoms. The van der Waals surface area contributed by atoms with Gasteiger partial charge in [-0.05, 0) is 31.2 Å². The van der Waals surface area contributed by atoms with Crippen LogP contribution >= 0.6 is 11.6 Å². The predicted octanol–water partition coefficient (Wildman–Crippen LogP) is 2.78. The fraction of sp³-hybridized carbons (Fsp3) is 0.450. The van der Waals surface area contributed by atoms with E-state index in [0.29, 0.717) is 24.7 Å². The summed E-state index contributed by atoms with van der Waals surface area (Å²) in [7, 11) is 1.36. The lowest BCUT2D eigenvalue weighted by molar-refractivity contribution is -0.151. The van der Waals surface area contributed by atoms with E-state index in [4.69, 9.17) is 16.3 Å². The van der Waals surface area contributed by atoms with Gasteiger partial charge in [0.05, 0.1) is 25.3 Å². The Hall–Kier alpha value is -2.34. The van der Waals surface area contributed by atoms with Gasteiger partial charge in [0.2, 0.25) is 5.91 Å². The first-order valence-electron chi connectivity index (χ1n) is 9.21. The Bertz CT molecular complexity index is 861. The van der Waals surface area contributed by atoms with Crippen LogP contribution in [0.3, 0.4) is 0 Å². The highest BCUT2D eigenvalue weighted by atomic mass is 35.5. The molecule has 0 bridgehead atoms. The molecule has 4 rings (SSSR count). The molecular formula is C20H22ClN3O3. The molecule has 2 aliphatic rings. The van der Waals surface area contributed by atoms with Gasteiger partial charge in [-0.1, -0.05) is 41.9 Å². The monoisotopic (exact) mass is 387 g/mol. The summed E-state index contributed by atoms with van der Waals surface area (Å²) in [5.74, 6) is -0.376. The number of carbonyl (C=O) groups excluding carboxylic acids is 2. The van der Waals surface area contributed by atoms with Gasteiger partial charge in [0.25, 0.3) is 0 Å². The van der Waals surface area contributed by atoms with Gasteiger partial charge < -0.3 is 9.64 Å². The van der Waals surface area contributed by atoms with Crippen molar-refractivity contribution < 1.29 is 14.3 Å². The van der Waals surface area contributed by atoms with Gasteiger partial charge in [0.15, 0.2) is 0 Å². The third-order valence-electron chi connectivity index (χ3n) is 5.61. The third kappa shape index (κ3) is 3.12. The largest absolute Gasteiger partial charge is 0.467 e. The summed E-state index contributed by atoms with van der Waals surface area (Å²) in [5.41, 5.74) is 1.21. The molecule has 0 unspecified atom stereocenters. The molecule has 1 saturated heterocycles. The molecule has 1 saturated carbocycles. The lowest BCUT2D eigenvalue weighted by Gasteiger charge is -2.27. The van der Waals surface area contributed by atoms with Gasteiger partial charge >= 0.3 is 5.97 Å². The van der Waals surface area contributed by atoms with Crippen molar-refractivity contribution in [2.24, 2.45) is 0 Å². The zero-order valence-corrected chi connectivity index (χ0v) is 16.0. The second-order valence-electron chi connectivity index (χ2n) is 7.25. The summed E-state index contributed by atoms with van der Waals surface area (Å²) in [6.45, 7) is 1.13. The van der Waals surface area contributed by atoms with Crippen molar-refractivity contribution >= 4 is 23.5 Å². The van der Waals surface area contributed by atoms with Crippen LogP contribution in [-0.4, -0.2) is 46.3 Å². The Morgan fingerprint density at radius 2 is 2.04 bits per heavy atom. The summed E-state index contributed by atoms with van der Waals surface area (Å²) < 4.78 is 6.60. The van der Waals surface area contributed by atoms with E-state index < -0.39 is 11.5 Å². The highest BCUT2D eigenvalue weighted by Gasteiger charge is 2.57. The Balaban J connectivity index is 1.58. The van der Waals surface area contributed by atoms with Crippen LogP contribution in [0.1, 0.15) is 36.8 Å². The topological polar surface area (TPSA) is 64.4 Å². The predicted molar refractivity (Wildman–Crippen MR) is 100 cm³/mol. The van der Waals surface area contributed by atoms with Crippen molar-refractivity contribution in [2.45, 2.75) is 43.7 Å². The number of ether oxygens (including phenoxy) is 1. The minimum Gasteiger partial charge on any atom is -0.467 e. The average Bonchev–Trinajstić information content (AvgIpc) is 3.19. The molecule has 2 heterocycles. The van der Waals surface area contributed by atoms with Crippen LogP contribution in [0.5, 0.6) is 0 Å². The normalized spacial score (nSPS) is 20.5. The smallest absolute Gasteiger partial charge is 0.328 e. The van der Waals surface area contributed by atoms with Crippen LogP contribution in [0.25, 0.3) is 0 Å². The van der Waals surface area contributed by atoms with Crippen LogP contribution in [0.15, 0.2) is 36.5 Å². The van der Waals surface area contributed by atoms with E-state index in [9.17, 15) is 9.59 Å². The van der Waals surface area contributed by atoms with Crippen LogP contribution in [0.4, 0.5) is 0 Å². The average molecular weight is 388 g/mol. The maximum atomic E-state index is 13.3. The second-order valence-corrected chi connectivity index (χ2v) is 7.61. The number of benzene rings is 1. The number of rotatable bonds is 5. The lowest BCUT2D eigenvalue weighted by Crippen LogP contribution is -2.46. The third-order valence-corrected chi connectivity index (χ3v) is 6.01. The van der Waals surface area contributed by atoms with E-state index in [0.717, 1.165) is 30.4 Å². The Kier molecular flexibility index (Phi) is 4.68. The van der Waals surface area contributed by atoms with Crippen LogP contribution in [0, 0.1) is 0 Å². The fourth-order valence-corrected chi connectivity index (χ4v) is 4.28. The van der Waals surface area contributed by atoms with E-state index in [-0.39, 0.29) is 11.9 Å². The molecule has 1 aromatic heterocycles. The molecule has 6 nitrogen and oxygen atoms in total. The van der Waals surface area contributed by atoms with Gasteiger partial charge in [-0.2, -0.15) is 5.10 Å². The molecule has 2 fully saturated rings. The molecule has 0 N–H and O–H groups in total. The van der Waals surface area contributed by atoms with Gasteiger partial charge in [-0.15, -0.1) is 0 Å². The zero-order valence-electron chi connectivity index (χ0n) is 15.2. The lowest BCUT2D eigenvalue weighted by atomic mass is 9.97. The quantitative estimate of drug-likeness (QED) is 0.740. The summed E-state index contributed by atoms with van der Waals surface area (Å²) >= 11 is 6.61. The summed E-state index contributed by atoms with van der Waals surface area (Å²) in [6.07, 6.45) is 4.62. The Morgan fingerprint density at radius 3 is 2.70 bits per heavy atom. The number of hydrogen-bond donors (Lipinski definition) is 0. The SMILES string of the molecule is COC(=O)[C@@H]1CCCN1C(=O)C1(c2cnn(Cc3ccccc3)c2Cl)CC1. The summed E-state index contributed by atoms with van der Waals surface area (Å²) in [6, 6.07) is 9.45. The zero-order chi connectivity index (χ0) is 19.0. The molecular weight excluding hydrogens is 366 g/mol. The van der Waals surface area contributed by atoms with E-state index in [2.05, 4.69) is 5.10 Å². The van der Waals surface area contributed by atoms with Crippen molar-refractivity contribution in [1.29, 1.82) is 0 Å². The first kappa shape index (κ1) is 18.0. The Morgan fingerprint density at radius 1 is 1.30 bits per heavy atom. The number of carbonyl (C=O) groups is 2. The van der Waals surface area contributed by atoms with Crippen LogP contribution < -0.4 is 0 Å². The number of halogens is 1. The molecule has 0 radical (unpaired) electrons. The molecule has 1 aliphatic heterocycles. The van der Waals surface area contributed by atoms with E-state index in [1.54, 1.807) is 15.8 Å². The molecule has 1 aromatic carbocycles. The Labute approximate surface area is 163 Å². The number of aromatic nitrogens is 2. The number of nitrogens with zero attached hydrogens (tertiary/aromatic N) is 3. The van der Waals surface area contributed by atoms with E-state index >= 15 is 0 Å². The van der Waals surface area contributed by atoms with Gasteiger partial charge in [0, 0.05) is 12.1 Å². The van der Waals surface area contributed by atoms with Gasteiger partial charge in [-0.25, -0.2) is 9.48 Å². The minimum atomic E-state index is -0.650. The molecule has 2 aromatic rings. The summed E-state index contributed by atoms with van der Waals surface area (Å²) in [5, 5.41) is 4.92. The highest BCUT2D eigenvalue weighted by Crippen LogP contribution is 2.52. The molecule has 27 heavy (non-hydrogen) atoms. The van der Waals surface area contributed by atoms with Crippen LogP contribution in [0.2, 0.25) is 5.15 Å². The van der Waals surface area contributed by atoms with Crippen molar-refractivity contribution in [1.82, 2.24) is 14.7 Å². The fourth-order valence-electron chi connectivity index (χ4n) is 3.95. The summed E-state index contributed by atoms with van der Waals surface area (Å²) in [4.78, 5) is 27.0. The van der Waals surface area contributed by atoms with E-state index in [1.807, 2.05) is 30.3 Å². The molecule has 7 heteroatoms. The highest BCUT2D eigenvalue weighted by molar-refractivity contribution is 6.31. The molecule has 142 valence electrons. The van der Waals surface area contributed by atoms with Crippen molar-refractivity contribution in [3.05, 3.63) is 52.8 Å². The number of amides is 1. The first-order valence-corrected chi connectivity index (χ1v) is 9.59. The molecule has 1 atom stereocenters. The number of methoxy groups -OCH3 is 1. The maximum Gasteiger partial charge on any atom is 0.328 e. The second kappa shape index (κ2) is 7.00. The number of likely N-dealkylation sites (tertiary alicyclic amines) is 1. The van der Waals surface area contributed by atoms with Crippen molar-refractivity contribution in [2.75, 3.05) is 13.7 Å². The van der Waals surface area contributed by atoms with Gasteiger partial charge in [0.1, 0.15) is 11.2 Å². The van der Waals surface area contributed by atoms with Crippen molar-refractivity contribution in [3.63, 3.8) is 0 Å². The van der Waals surface area contributed by atoms with Crippen molar-refractivity contribution in [3.8, 4) is 0 Å². The van der Waals surface area contributed by atoms with Crippen LogP contribution in [-0.2, 0) is 26.3 Å². The van der Waals surface area contributed by atoms with E-state index in [1.165, 1.54) is 7.11 Å². The number of esters is 1. The minimum absolute atomic E-state index is 0.0310. The maximum absolute atomic E-state index is 13.3.